The molecule has 0 aromatic carbocycles. The van der Waals surface area contributed by atoms with Gasteiger partial charge >= 0.3 is 0 Å². The Kier molecular flexibility index (Phi) is 51.8. The molecule has 0 aromatic heterocycles. The monoisotopic (exact) mass is 1080 g/mol. The minimum atomic E-state index is -1.67. The van der Waals surface area contributed by atoms with Crippen molar-refractivity contribution in [1.29, 1.82) is 0 Å². The third kappa shape index (κ3) is 41.6. The lowest BCUT2D eigenvalue weighted by Gasteiger charge is -2.40. The largest absolute Gasteiger partial charge is 0.394 e. The highest BCUT2D eigenvalue weighted by molar-refractivity contribution is 5.80. The number of carbonyl (C=O) groups is 1. The smallest absolute Gasteiger partial charge is 0.249 e. The third-order valence-electron chi connectivity index (χ3n) is 16.0. The van der Waals surface area contributed by atoms with Gasteiger partial charge in [-0.05, 0) is 51.4 Å². The van der Waals surface area contributed by atoms with E-state index in [2.05, 4.69) is 43.5 Å². The van der Waals surface area contributed by atoms with Crippen molar-refractivity contribution in [1.82, 2.24) is 5.32 Å². The molecule has 1 aliphatic rings. The second-order valence-corrected chi connectivity index (χ2v) is 23.2. The van der Waals surface area contributed by atoms with Crippen molar-refractivity contribution in [2.24, 2.45) is 0 Å². The molecule has 9 unspecified atom stereocenters. The third-order valence-corrected chi connectivity index (χ3v) is 16.0. The van der Waals surface area contributed by atoms with Crippen LogP contribution in [0.2, 0.25) is 0 Å². The van der Waals surface area contributed by atoms with Crippen LogP contribution in [0.25, 0.3) is 0 Å². The summed E-state index contributed by atoms with van der Waals surface area (Å²) in [5.74, 6) is -0.704. The van der Waals surface area contributed by atoms with Crippen LogP contribution in [-0.4, -0.2) is 110 Å². The Balaban J connectivity index is 2.21. The van der Waals surface area contributed by atoms with Gasteiger partial charge in [-0.15, -0.1) is 0 Å². The van der Waals surface area contributed by atoms with Gasteiger partial charge in [-0.3, -0.25) is 4.79 Å². The quantitative estimate of drug-likeness (QED) is 0.0215. The summed E-state index contributed by atoms with van der Waals surface area (Å²) in [7, 11) is 0. The molecule has 450 valence electrons. The molecule has 0 radical (unpaired) electrons. The summed E-state index contributed by atoms with van der Waals surface area (Å²) < 4.78 is 11.1. The molecular formula is C65H125NO10. The lowest BCUT2D eigenvalue weighted by Crippen LogP contribution is -2.60. The number of amides is 1. The standard InChI is InChI=1S/C65H125NO10/c1-3-5-7-9-11-13-15-17-19-21-23-24-25-26-27-28-29-30-31-32-33-34-35-37-39-41-43-45-47-49-51-53-58(69)64(74)66-56(55-75-65-63(73)62(72)61(71)59(54-67)76-65)60(70)57(68)52-50-48-46-44-42-40-38-36-22-20-18-16-14-12-10-8-6-4-2/h36,38,44,46,56-63,65,67-73H,3-35,37,39-43,45,47-55H2,1-2H3,(H,66,74)/b38-36+,46-44+. The Morgan fingerprint density at radius 1 is 0.447 bits per heavy atom. The lowest BCUT2D eigenvalue weighted by molar-refractivity contribution is -0.303. The fourth-order valence-electron chi connectivity index (χ4n) is 10.7. The normalized spacial score (nSPS) is 19.7. The Morgan fingerprint density at radius 2 is 0.789 bits per heavy atom. The van der Waals surface area contributed by atoms with E-state index in [1.54, 1.807) is 0 Å². The molecule has 0 aromatic rings. The molecule has 1 fully saturated rings. The van der Waals surface area contributed by atoms with Crippen LogP contribution in [0.1, 0.15) is 316 Å². The lowest BCUT2D eigenvalue weighted by atomic mass is 9.98. The molecule has 76 heavy (non-hydrogen) atoms. The predicted molar refractivity (Wildman–Crippen MR) is 316 cm³/mol. The van der Waals surface area contributed by atoms with Crippen molar-refractivity contribution >= 4 is 5.91 Å². The van der Waals surface area contributed by atoms with Crippen molar-refractivity contribution in [3.63, 3.8) is 0 Å². The Labute approximate surface area is 467 Å². The molecule has 1 rings (SSSR count). The van der Waals surface area contributed by atoms with E-state index in [9.17, 15) is 40.5 Å². The molecule has 11 nitrogen and oxygen atoms in total. The first-order valence-electron chi connectivity index (χ1n) is 32.7. The molecule has 0 bridgehead atoms. The van der Waals surface area contributed by atoms with Crippen molar-refractivity contribution < 1.29 is 50.0 Å². The number of aliphatic hydroxyl groups is 7. The van der Waals surface area contributed by atoms with Gasteiger partial charge in [-0.2, -0.15) is 0 Å². The van der Waals surface area contributed by atoms with Crippen molar-refractivity contribution in [3.05, 3.63) is 24.3 Å². The highest BCUT2D eigenvalue weighted by Gasteiger charge is 2.44. The van der Waals surface area contributed by atoms with Gasteiger partial charge in [0.15, 0.2) is 6.29 Å². The van der Waals surface area contributed by atoms with Crippen LogP contribution in [0, 0.1) is 0 Å². The summed E-state index contributed by atoms with van der Waals surface area (Å²) in [6, 6.07) is -1.19. The minimum Gasteiger partial charge on any atom is -0.394 e. The zero-order valence-corrected chi connectivity index (χ0v) is 49.5. The number of ether oxygens (including phenoxy) is 2. The fourth-order valence-corrected chi connectivity index (χ4v) is 10.7. The van der Waals surface area contributed by atoms with Crippen molar-refractivity contribution in [2.45, 2.75) is 371 Å². The number of nitrogens with one attached hydrogen (secondary N) is 1. The average Bonchev–Trinajstić information content (AvgIpc) is 3.42. The van der Waals surface area contributed by atoms with Crippen molar-refractivity contribution in [2.75, 3.05) is 13.2 Å². The van der Waals surface area contributed by atoms with Gasteiger partial charge in [0.1, 0.15) is 36.6 Å². The number of rotatable bonds is 57. The first-order valence-corrected chi connectivity index (χ1v) is 32.7. The van der Waals surface area contributed by atoms with E-state index in [-0.39, 0.29) is 12.8 Å². The van der Waals surface area contributed by atoms with Gasteiger partial charge in [0.05, 0.1) is 25.4 Å². The maximum absolute atomic E-state index is 13.2. The first-order chi connectivity index (χ1) is 37.2. The summed E-state index contributed by atoms with van der Waals surface area (Å²) in [5, 5.41) is 76.2. The zero-order chi connectivity index (χ0) is 55.4. The van der Waals surface area contributed by atoms with Crippen LogP contribution in [0.3, 0.4) is 0 Å². The molecular weight excluding hydrogens is 955 g/mol. The van der Waals surface area contributed by atoms with Gasteiger partial charge in [0.25, 0.3) is 0 Å². The van der Waals surface area contributed by atoms with Crippen LogP contribution in [0.15, 0.2) is 24.3 Å². The molecule has 0 saturated carbocycles. The first kappa shape index (κ1) is 72.6. The van der Waals surface area contributed by atoms with Crippen LogP contribution < -0.4 is 5.32 Å². The number of hydrogen-bond donors (Lipinski definition) is 8. The number of unbranched alkanes of at least 4 members (excludes halogenated alkanes) is 41. The fraction of sp³-hybridized carbons (Fsp3) is 0.923. The highest BCUT2D eigenvalue weighted by Crippen LogP contribution is 2.24. The van der Waals surface area contributed by atoms with Crippen LogP contribution in [-0.2, 0) is 14.3 Å². The van der Waals surface area contributed by atoms with Gasteiger partial charge in [0.2, 0.25) is 5.91 Å². The minimum absolute atomic E-state index is 0.249. The maximum Gasteiger partial charge on any atom is 0.249 e. The number of allylic oxidation sites excluding steroid dienone is 4. The maximum atomic E-state index is 13.2. The van der Waals surface area contributed by atoms with Crippen LogP contribution >= 0.6 is 0 Å². The van der Waals surface area contributed by atoms with Gasteiger partial charge in [-0.1, -0.05) is 289 Å². The van der Waals surface area contributed by atoms with E-state index < -0.39 is 74.2 Å². The van der Waals surface area contributed by atoms with E-state index in [0.29, 0.717) is 19.3 Å². The van der Waals surface area contributed by atoms with E-state index in [4.69, 9.17) is 9.47 Å². The molecule has 0 spiro atoms. The summed E-state index contributed by atoms with van der Waals surface area (Å²) in [5.41, 5.74) is 0. The molecule has 1 amide bonds. The second kappa shape index (κ2) is 54.2. The molecule has 9 atom stereocenters. The summed E-state index contributed by atoms with van der Waals surface area (Å²) in [4.78, 5) is 13.2. The van der Waals surface area contributed by atoms with Gasteiger partial charge in [0, 0.05) is 0 Å². The Bertz CT molecular complexity index is 1280. The SMILES string of the molecule is CCCCCCCCCCC/C=C/CC/C=C/CCCC(O)C(O)C(COC1OC(CO)C(O)C(O)C1O)NC(=O)C(O)CCCCCCCCCCCCCCCCCCCCCCCCCCCCCCCCC. The summed E-state index contributed by atoms with van der Waals surface area (Å²) in [6.07, 6.45) is 55.5. The number of hydrogen-bond acceptors (Lipinski definition) is 10. The Hall–Kier alpha value is -1.41. The molecule has 1 heterocycles. The Morgan fingerprint density at radius 3 is 1.17 bits per heavy atom. The van der Waals surface area contributed by atoms with Gasteiger partial charge in [-0.25, -0.2) is 0 Å². The van der Waals surface area contributed by atoms with E-state index in [0.717, 1.165) is 38.5 Å². The molecule has 11 heteroatoms. The topological polar surface area (TPSA) is 189 Å². The van der Waals surface area contributed by atoms with Crippen LogP contribution in [0.4, 0.5) is 0 Å². The summed E-state index contributed by atoms with van der Waals surface area (Å²) >= 11 is 0. The highest BCUT2D eigenvalue weighted by atomic mass is 16.7. The average molecular weight is 1080 g/mol. The van der Waals surface area contributed by atoms with Crippen LogP contribution in [0.5, 0.6) is 0 Å². The number of aliphatic hydroxyl groups excluding tert-OH is 7. The van der Waals surface area contributed by atoms with Crippen molar-refractivity contribution in [3.8, 4) is 0 Å². The summed E-state index contributed by atoms with van der Waals surface area (Å²) in [6.45, 7) is 3.47. The van der Waals surface area contributed by atoms with E-state index in [1.165, 1.54) is 231 Å². The number of carbonyl (C=O) groups excluding carboxylic acids is 1. The molecule has 1 aliphatic heterocycles. The molecule has 8 N–H and O–H groups in total. The van der Waals surface area contributed by atoms with E-state index >= 15 is 0 Å². The molecule has 0 aliphatic carbocycles. The second-order valence-electron chi connectivity index (χ2n) is 23.2. The van der Waals surface area contributed by atoms with E-state index in [1.807, 2.05) is 0 Å². The predicted octanol–water partition coefficient (Wildman–Crippen LogP) is 14.9. The zero-order valence-electron chi connectivity index (χ0n) is 49.5. The van der Waals surface area contributed by atoms with Gasteiger partial charge < -0.3 is 50.5 Å². The molecule has 1 saturated heterocycles.